The molecule has 2 saturated heterocycles. The lowest BCUT2D eigenvalue weighted by atomic mass is 9.81. The van der Waals surface area contributed by atoms with Crippen LogP contribution in [0.15, 0.2) is 54.6 Å². The van der Waals surface area contributed by atoms with E-state index in [4.69, 9.17) is 35.2 Å². The minimum Gasteiger partial charge on any atom is -0.377 e. The van der Waals surface area contributed by atoms with E-state index in [1.54, 1.807) is 0 Å². The molecular formula is C49H66F2N6O7. The van der Waals surface area contributed by atoms with Crippen LogP contribution in [0.5, 0.6) is 0 Å². The molecule has 348 valence electrons. The Balaban J connectivity index is 0.797. The maximum Gasteiger partial charge on any atom is 0.251 e. The molecule has 2 unspecified atom stereocenters. The molecule has 2 saturated carbocycles. The highest BCUT2D eigenvalue weighted by Crippen LogP contribution is 2.45. The van der Waals surface area contributed by atoms with Gasteiger partial charge in [-0.15, -0.1) is 16.6 Å². The Kier molecular flexibility index (Phi) is 17.7. The van der Waals surface area contributed by atoms with Gasteiger partial charge in [0.2, 0.25) is 11.8 Å². The molecule has 15 heteroatoms. The number of halogens is 2. The number of benzene rings is 2. The molecule has 3 atom stereocenters. The molecule has 2 N–H and O–H groups in total. The number of alkyl halides is 2. The van der Waals surface area contributed by atoms with E-state index in [1.807, 2.05) is 42.5 Å². The third kappa shape index (κ3) is 13.4. The molecule has 2 amide bonds. The number of nitrogens with one attached hydrogen (secondary N) is 2. The van der Waals surface area contributed by atoms with Crippen LogP contribution in [0.25, 0.3) is 0 Å². The van der Waals surface area contributed by atoms with Crippen LogP contribution in [-0.4, -0.2) is 122 Å². The van der Waals surface area contributed by atoms with Gasteiger partial charge in [-0.3, -0.25) is 14.5 Å². The third-order valence-electron chi connectivity index (χ3n) is 13.4. The van der Waals surface area contributed by atoms with Crippen LogP contribution in [0.1, 0.15) is 122 Å². The number of terminal acetylenes is 1. The van der Waals surface area contributed by atoms with E-state index in [1.165, 1.54) is 0 Å². The number of carbonyl (C=O) groups excluding carboxylic acids is 2. The second-order valence-electron chi connectivity index (χ2n) is 17.8. The number of amides is 2. The number of rotatable bonds is 25. The minimum absolute atomic E-state index is 0.0995. The smallest absolute Gasteiger partial charge is 0.251 e. The Labute approximate surface area is 376 Å². The van der Waals surface area contributed by atoms with Crippen LogP contribution in [0.3, 0.4) is 0 Å². The zero-order chi connectivity index (χ0) is 44.7. The molecule has 2 aromatic carbocycles. The first-order valence-corrected chi connectivity index (χ1v) is 23.3. The van der Waals surface area contributed by atoms with Gasteiger partial charge in [0.25, 0.3) is 5.91 Å². The Hall–Kier alpha value is -4.30. The SMILES string of the molecule is C#CCOCCOCCOCCOCCNC(=O)c1ccc(COC2CC(c3nnc(C)n3C3CC4CCC(C3)N4CC[C@H](NC(=O)C3CCC(F)(F)CC3)c3ccccc3)C2)cc1. The van der Waals surface area contributed by atoms with Crippen molar-refractivity contribution in [3.05, 3.63) is 82.9 Å². The van der Waals surface area contributed by atoms with Gasteiger partial charge >= 0.3 is 0 Å². The first-order valence-electron chi connectivity index (χ1n) is 23.3. The van der Waals surface area contributed by atoms with E-state index in [0.717, 1.165) is 74.3 Å². The largest absolute Gasteiger partial charge is 0.377 e. The van der Waals surface area contributed by atoms with Gasteiger partial charge in [-0.1, -0.05) is 48.4 Å². The van der Waals surface area contributed by atoms with Gasteiger partial charge in [-0.05, 0) is 88.0 Å². The minimum atomic E-state index is -2.66. The summed E-state index contributed by atoms with van der Waals surface area (Å²) in [6.45, 7) is 7.23. The molecular weight excluding hydrogens is 823 g/mol. The summed E-state index contributed by atoms with van der Waals surface area (Å²) in [5.41, 5.74) is 2.66. The second kappa shape index (κ2) is 23.8. The number of nitrogens with zero attached hydrogens (tertiary/aromatic N) is 4. The van der Waals surface area contributed by atoms with Crippen LogP contribution in [0.2, 0.25) is 0 Å². The number of fused-ring (bicyclic) bond motifs is 2. The fourth-order valence-electron chi connectivity index (χ4n) is 9.82. The molecule has 2 bridgehead atoms. The van der Waals surface area contributed by atoms with Crippen molar-refractivity contribution >= 4 is 11.8 Å². The van der Waals surface area contributed by atoms with Crippen LogP contribution in [-0.2, 0) is 35.1 Å². The van der Waals surface area contributed by atoms with Gasteiger partial charge in [0.05, 0.1) is 65.0 Å². The van der Waals surface area contributed by atoms with Crippen LogP contribution < -0.4 is 10.6 Å². The summed E-state index contributed by atoms with van der Waals surface area (Å²) in [6, 6.07) is 18.6. The normalized spacial score (nSPS) is 23.6. The van der Waals surface area contributed by atoms with Crippen molar-refractivity contribution in [3.8, 4) is 12.3 Å². The maximum atomic E-state index is 13.8. The number of aryl methyl sites for hydroxylation is 1. The maximum absolute atomic E-state index is 13.8. The Bertz CT molecular complexity index is 1930. The lowest BCUT2D eigenvalue weighted by Gasteiger charge is -2.42. The lowest BCUT2D eigenvalue weighted by molar-refractivity contribution is -0.130. The molecule has 7 rings (SSSR count). The van der Waals surface area contributed by atoms with E-state index in [-0.39, 0.29) is 62.2 Å². The van der Waals surface area contributed by atoms with Gasteiger partial charge in [0.1, 0.15) is 18.3 Å². The number of ether oxygens (including phenoxy) is 5. The Morgan fingerprint density at radius 3 is 2.12 bits per heavy atom. The Morgan fingerprint density at radius 1 is 0.828 bits per heavy atom. The zero-order valence-electron chi connectivity index (χ0n) is 37.3. The highest BCUT2D eigenvalue weighted by molar-refractivity contribution is 5.94. The molecule has 0 radical (unpaired) electrons. The molecule has 64 heavy (non-hydrogen) atoms. The molecule has 3 aromatic rings. The van der Waals surface area contributed by atoms with Gasteiger partial charge in [0.15, 0.2) is 0 Å². The third-order valence-corrected chi connectivity index (χ3v) is 13.4. The molecule has 2 aliphatic heterocycles. The zero-order valence-corrected chi connectivity index (χ0v) is 37.3. The van der Waals surface area contributed by atoms with E-state index >= 15 is 0 Å². The second-order valence-corrected chi connectivity index (χ2v) is 17.8. The highest BCUT2D eigenvalue weighted by atomic mass is 19.3. The van der Waals surface area contributed by atoms with E-state index in [2.05, 4.69) is 50.2 Å². The van der Waals surface area contributed by atoms with Crippen molar-refractivity contribution in [2.75, 3.05) is 65.9 Å². The van der Waals surface area contributed by atoms with E-state index in [0.29, 0.717) is 89.0 Å². The number of piperidine rings is 1. The fourth-order valence-corrected chi connectivity index (χ4v) is 9.82. The van der Waals surface area contributed by atoms with Crippen LogP contribution in [0.4, 0.5) is 8.78 Å². The predicted octanol–water partition coefficient (Wildman–Crippen LogP) is 6.72. The first kappa shape index (κ1) is 47.7. The van der Waals surface area contributed by atoms with Crippen molar-refractivity contribution in [2.24, 2.45) is 5.92 Å². The number of aromatic nitrogens is 3. The van der Waals surface area contributed by atoms with E-state index in [9.17, 15) is 18.4 Å². The Morgan fingerprint density at radius 2 is 1.47 bits per heavy atom. The van der Waals surface area contributed by atoms with Crippen LogP contribution >= 0.6 is 0 Å². The van der Waals surface area contributed by atoms with Crippen molar-refractivity contribution in [3.63, 3.8) is 0 Å². The monoisotopic (exact) mass is 888 g/mol. The summed E-state index contributed by atoms with van der Waals surface area (Å²) in [5, 5.41) is 15.4. The van der Waals surface area contributed by atoms with Crippen molar-refractivity contribution in [2.45, 2.75) is 126 Å². The van der Waals surface area contributed by atoms with Gasteiger partial charge in [-0.25, -0.2) is 8.78 Å². The molecule has 2 aliphatic carbocycles. The highest BCUT2D eigenvalue weighted by Gasteiger charge is 2.44. The summed E-state index contributed by atoms with van der Waals surface area (Å²) < 4.78 is 57.9. The topological polar surface area (TPSA) is 138 Å². The number of hydrogen-bond donors (Lipinski definition) is 2. The first-order chi connectivity index (χ1) is 31.2. The van der Waals surface area contributed by atoms with Crippen molar-refractivity contribution in [1.29, 1.82) is 0 Å². The molecule has 1 aromatic heterocycles. The van der Waals surface area contributed by atoms with Crippen molar-refractivity contribution in [1.82, 2.24) is 30.3 Å². The molecule has 13 nitrogen and oxygen atoms in total. The molecule has 3 heterocycles. The number of hydrogen-bond acceptors (Lipinski definition) is 10. The van der Waals surface area contributed by atoms with Crippen LogP contribution in [0, 0.1) is 25.2 Å². The summed E-state index contributed by atoms with van der Waals surface area (Å²) in [4.78, 5) is 28.7. The quantitative estimate of drug-likeness (QED) is 0.0697. The van der Waals surface area contributed by atoms with Gasteiger partial charge in [0, 0.05) is 61.5 Å². The standard InChI is InChI=1S/C49H66F2N6O7/c1-3-22-60-24-26-62-28-29-63-27-25-61-23-20-52-47(58)38-11-9-36(10-12-38)34-64-44-30-40(31-44)46-55-54-35(2)57(46)43-32-41-13-14-42(33-43)56(41)21-17-45(37-7-5-4-6-8-37)53-48(59)39-15-18-49(50,51)19-16-39/h1,4-12,39-45H,13-34H2,2H3,(H,52,58)(H,53,59)/t40?,41?,42?,43?,44?,45-/m0/s1. The fraction of sp³-hybridized carbons (Fsp3) is 0.633. The molecule has 0 spiro atoms. The lowest BCUT2D eigenvalue weighted by Crippen LogP contribution is -2.45. The predicted molar refractivity (Wildman–Crippen MR) is 237 cm³/mol. The number of carbonyl (C=O) groups is 2. The summed E-state index contributed by atoms with van der Waals surface area (Å²) in [7, 11) is 0. The average Bonchev–Trinajstić information content (AvgIpc) is 3.77. The molecule has 4 fully saturated rings. The average molecular weight is 889 g/mol. The summed E-state index contributed by atoms with van der Waals surface area (Å²) in [5.74, 6) is 1.46. The van der Waals surface area contributed by atoms with Gasteiger partial charge in [-0.2, -0.15) is 0 Å². The summed E-state index contributed by atoms with van der Waals surface area (Å²) in [6.07, 6.45) is 12.2. The van der Waals surface area contributed by atoms with Gasteiger partial charge < -0.3 is 38.9 Å². The summed E-state index contributed by atoms with van der Waals surface area (Å²) >= 11 is 0. The van der Waals surface area contributed by atoms with E-state index < -0.39 is 5.92 Å². The molecule has 4 aliphatic rings. The van der Waals surface area contributed by atoms with Crippen molar-refractivity contribution < 1.29 is 42.1 Å².